The molecule has 1 aromatic carbocycles. The van der Waals surface area contributed by atoms with Crippen molar-refractivity contribution in [3.63, 3.8) is 0 Å². The van der Waals surface area contributed by atoms with E-state index in [-0.39, 0.29) is 24.9 Å². The van der Waals surface area contributed by atoms with Gasteiger partial charge in [0.25, 0.3) is 5.91 Å². The molecule has 0 aliphatic carbocycles. The zero-order valence-electron chi connectivity index (χ0n) is 11.2. The third-order valence-corrected chi connectivity index (χ3v) is 3.70. The second-order valence-electron chi connectivity index (χ2n) is 4.76. The summed E-state index contributed by atoms with van der Waals surface area (Å²) in [5.41, 5.74) is 0. The average molecular weight is 364 g/mol. The van der Waals surface area contributed by atoms with Gasteiger partial charge in [0, 0.05) is 11.0 Å². The number of amides is 1. The third-order valence-electron chi connectivity index (χ3n) is 3.17. The molecule has 1 unspecified atom stereocenters. The fraction of sp³-hybridized carbons (Fsp3) is 0.500. The molecule has 112 valence electrons. The van der Waals surface area contributed by atoms with Crippen LogP contribution in [0.25, 0.3) is 0 Å². The van der Waals surface area contributed by atoms with Gasteiger partial charge in [0.1, 0.15) is 5.75 Å². The van der Waals surface area contributed by atoms with Crippen molar-refractivity contribution in [3.05, 3.63) is 28.7 Å². The van der Waals surface area contributed by atoms with Crippen LogP contribution in [0.3, 0.4) is 0 Å². The molecule has 1 fully saturated rings. The first kappa shape index (κ1) is 17.3. The highest BCUT2D eigenvalue weighted by molar-refractivity contribution is 9.10. The van der Waals surface area contributed by atoms with Crippen molar-refractivity contribution in [3.8, 4) is 5.75 Å². The number of hydrogen-bond donors (Lipinski definition) is 2. The number of hydrogen-bond acceptors (Lipinski definition) is 3. The first-order chi connectivity index (χ1) is 9.24. The van der Waals surface area contributed by atoms with Crippen LogP contribution in [0, 0.1) is 5.92 Å². The second kappa shape index (κ2) is 9.21. The summed E-state index contributed by atoms with van der Waals surface area (Å²) in [7, 11) is 0. The first-order valence-corrected chi connectivity index (χ1v) is 7.39. The van der Waals surface area contributed by atoms with Crippen LogP contribution in [0.1, 0.15) is 12.8 Å². The van der Waals surface area contributed by atoms with E-state index in [1.165, 1.54) is 12.8 Å². The van der Waals surface area contributed by atoms with Crippen molar-refractivity contribution in [1.82, 2.24) is 10.6 Å². The summed E-state index contributed by atoms with van der Waals surface area (Å²) >= 11 is 3.35. The standard InChI is InChI=1S/C14H19BrN2O2.ClH/c15-12-3-5-13(6-4-12)19-10-14(18)17-9-11-2-1-7-16-8-11;/h3-6,11,16H,1-2,7-10H2,(H,17,18);1H. The molecule has 0 saturated carbocycles. The van der Waals surface area contributed by atoms with Gasteiger partial charge in [-0.05, 0) is 56.1 Å². The van der Waals surface area contributed by atoms with E-state index in [1.807, 2.05) is 24.3 Å². The van der Waals surface area contributed by atoms with E-state index >= 15 is 0 Å². The van der Waals surface area contributed by atoms with Crippen LogP contribution in [0.2, 0.25) is 0 Å². The lowest BCUT2D eigenvalue weighted by molar-refractivity contribution is -0.123. The molecule has 1 aliphatic rings. The highest BCUT2D eigenvalue weighted by atomic mass is 79.9. The Morgan fingerprint density at radius 3 is 2.80 bits per heavy atom. The SMILES string of the molecule is Cl.O=C(COc1ccc(Br)cc1)NCC1CCCNC1. The normalized spacial score (nSPS) is 17.9. The van der Waals surface area contributed by atoms with Crippen molar-refractivity contribution >= 4 is 34.2 Å². The molecule has 4 nitrogen and oxygen atoms in total. The first-order valence-electron chi connectivity index (χ1n) is 6.60. The van der Waals surface area contributed by atoms with Crippen molar-refractivity contribution in [2.75, 3.05) is 26.2 Å². The van der Waals surface area contributed by atoms with Crippen LogP contribution in [0.5, 0.6) is 5.75 Å². The van der Waals surface area contributed by atoms with Crippen molar-refractivity contribution in [1.29, 1.82) is 0 Å². The topological polar surface area (TPSA) is 50.4 Å². The van der Waals surface area contributed by atoms with Crippen LogP contribution >= 0.6 is 28.3 Å². The molecule has 1 aliphatic heterocycles. The Bertz CT molecular complexity index is 408. The minimum atomic E-state index is -0.0616. The second-order valence-corrected chi connectivity index (χ2v) is 5.67. The van der Waals surface area contributed by atoms with Crippen molar-refractivity contribution < 1.29 is 9.53 Å². The minimum Gasteiger partial charge on any atom is -0.484 e. The van der Waals surface area contributed by atoms with Gasteiger partial charge in [-0.1, -0.05) is 15.9 Å². The molecule has 0 radical (unpaired) electrons. The Morgan fingerprint density at radius 2 is 2.15 bits per heavy atom. The van der Waals surface area contributed by atoms with Crippen LogP contribution in [0.4, 0.5) is 0 Å². The van der Waals surface area contributed by atoms with Gasteiger partial charge in [0.15, 0.2) is 6.61 Å². The van der Waals surface area contributed by atoms with E-state index in [0.717, 1.165) is 24.1 Å². The Labute approximate surface area is 134 Å². The van der Waals surface area contributed by atoms with Crippen molar-refractivity contribution in [2.24, 2.45) is 5.92 Å². The Hall–Kier alpha value is -0.780. The summed E-state index contributed by atoms with van der Waals surface area (Å²) in [6, 6.07) is 7.45. The van der Waals surface area contributed by atoms with Gasteiger partial charge in [-0.15, -0.1) is 12.4 Å². The van der Waals surface area contributed by atoms with E-state index < -0.39 is 0 Å². The summed E-state index contributed by atoms with van der Waals surface area (Å²) in [4.78, 5) is 11.7. The molecule has 1 saturated heterocycles. The Balaban J connectivity index is 0.00000200. The molecule has 1 amide bonds. The molecular formula is C14H20BrClN2O2. The van der Waals surface area contributed by atoms with Crippen molar-refractivity contribution in [2.45, 2.75) is 12.8 Å². The van der Waals surface area contributed by atoms with E-state index in [0.29, 0.717) is 11.7 Å². The number of rotatable bonds is 5. The van der Waals surface area contributed by atoms with Gasteiger partial charge >= 0.3 is 0 Å². The molecule has 0 aromatic heterocycles. The summed E-state index contributed by atoms with van der Waals surface area (Å²) in [5.74, 6) is 1.19. The maximum absolute atomic E-state index is 11.7. The van der Waals surface area contributed by atoms with E-state index in [2.05, 4.69) is 26.6 Å². The predicted molar refractivity (Wildman–Crippen MR) is 85.5 cm³/mol. The fourth-order valence-corrected chi connectivity index (χ4v) is 2.35. The van der Waals surface area contributed by atoms with Crippen LogP contribution in [-0.2, 0) is 4.79 Å². The summed E-state index contributed by atoms with van der Waals surface area (Å²) in [6.45, 7) is 2.89. The lowest BCUT2D eigenvalue weighted by Crippen LogP contribution is -2.39. The van der Waals surface area contributed by atoms with Crippen LogP contribution < -0.4 is 15.4 Å². The zero-order valence-corrected chi connectivity index (χ0v) is 13.6. The molecule has 6 heteroatoms. The van der Waals surface area contributed by atoms with Gasteiger partial charge in [0.05, 0.1) is 0 Å². The van der Waals surface area contributed by atoms with Gasteiger partial charge in [-0.3, -0.25) is 4.79 Å². The highest BCUT2D eigenvalue weighted by Crippen LogP contribution is 2.15. The lowest BCUT2D eigenvalue weighted by Gasteiger charge is -2.22. The number of ether oxygens (including phenoxy) is 1. The molecule has 20 heavy (non-hydrogen) atoms. The molecule has 2 rings (SSSR count). The zero-order chi connectivity index (χ0) is 13.5. The number of piperidine rings is 1. The highest BCUT2D eigenvalue weighted by Gasteiger charge is 2.13. The largest absolute Gasteiger partial charge is 0.484 e. The molecule has 1 atom stereocenters. The van der Waals surface area contributed by atoms with Crippen LogP contribution in [-0.4, -0.2) is 32.1 Å². The Kier molecular flexibility index (Phi) is 7.95. The van der Waals surface area contributed by atoms with Gasteiger partial charge in [-0.2, -0.15) is 0 Å². The number of carbonyl (C=O) groups excluding carboxylic acids is 1. The summed E-state index contributed by atoms with van der Waals surface area (Å²) in [6.07, 6.45) is 2.37. The number of benzene rings is 1. The minimum absolute atomic E-state index is 0. The van der Waals surface area contributed by atoms with E-state index in [9.17, 15) is 4.79 Å². The smallest absolute Gasteiger partial charge is 0.257 e. The predicted octanol–water partition coefficient (Wildman–Crippen LogP) is 2.37. The summed E-state index contributed by atoms with van der Waals surface area (Å²) < 4.78 is 6.41. The fourth-order valence-electron chi connectivity index (χ4n) is 2.09. The van der Waals surface area contributed by atoms with E-state index in [4.69, 9.17) is 4.74 Å². The van der Waals surface area contributed by atoms with Gasteiger partial charge < -0.3 is 15.4 Å². The maximum atomic E-state index is 11.7. The van der Waals surface area contributed by atoms with Gasteiger partial charge in [0.2, 0.25) is 0 Å². The van der Waals surface area contributed by atoms with Crippen LogP contribution in [0.15, 0.2) is 28.7 Å². The summed E-state index contributed by atoms with van der Waals surface area (Å²) in [5, 5.41) is 6.26. The third kappa shape index (κ3) is 6.11. The number of halogens is 2. The maximum Gasteiger partial charge on any atom is 0.257 e. The number of nitrogens with one attached hydrogen (secondary N) is 2. The quantitative estimate of drug-likeness (QED) is 0.844. The number of carbonyl (C=O) groups is 1. The lowest BCUT2D eigenvalue weighted by atomic mass is 10.00. The molecule has 0 bridgehead atoms. The Morgan fingerprint density at radius 1 is 1.40 bits per heavy atom. The molecule has 0 spiro atoms. The van der Waals surface area contributed by atoms with E-state index in [1.54, 1.807) is 0 Å². The van der Waals surface area contributed by atoms with Gasteiger partial charge in [-0.25, -0.2) is 0 Å². The molecule has 2 N–H and O–H groups in total. The molecule has 1 heterocycles. The average Bonchev–Trinajstić information content (AvgIpc) is 2.45. The molecule has 1 aromatic rings. The monoisotopic (exact) mass is 362 g/mol. The molecular weight excluding hydrogens is 344 g/mol.